The summed E-state index contributed by atoms with van der Waals surface area (Å²) < 4.78 is 5.24. The average Bonchev–Trinajstić information content (AvgIpc) is 2.44. The molecule has 19 heavy (non-hydrogen) atoms. The van der Waals surface area contributed by atoms with Crippen molar-refractivity contribution in [2.45, 2.75) is 26.2 Å². The highest BCUT2D eigenvalue weighted by Gasteiger charge is 2.15. The van der Waals surface area contributed by atoms with Gasteiger partial charge in [-0.2, -0.15) is 0 Å². The van der Waals surface area contributed by atoms with E-state index in [0.29, 0.717) is 0 Å². The van der Waals surface area contributed by atoms with Gasteiger partial charge in [-0.25, -0.2) is 0 Å². The number of hydrogen-bond acceptors (Lipinski definition) is 3. The monoisotopic (exact) mass is 260 g/mol. The summed E-state index contributed by atoms with van der Waals surface area (Å²) in [5.41, 5.74) is 2.34. The second kappa shape index (κ2) is 7.29. The molecule has 0 aliphatic heterocycles. The third-order valence-electron chi connectivity index (χ3n) is 3.67. The molecule has 0 saturated heterocycles. The number of nitrogens with zero attached hydrogens (tertiary/aromatic N) is 2. The van der Waals surface area contributed by atoms with E-state index in [0.717, 1.165) is 31.3 Å². The van der Waals surface area contributed by atoms with Gasteiger partial charge in [0.05, 0.1) is 6.61 Å². The van der Waals surface area contributed by atoms with Crippen LogP contribution in [0.2, 0.25) is 0 Å². The summed E-state index contributed by atoms with van der Waals surface area (Å²) in [6, 6.07) is 4.26. The van der Waals surface area contributed by atoms with Crippen molar-refractivity contribution in [3.8, 4) is 0 Å². The first kappa shape index (κ1) is 14.1. The van der Waals surface area contributed by atoms with Crippen LogP contribution in [0.15, 0.2) is 30.5 Å². The van der Waals surface area contributed by atoms with Crippen molar-refractivity contribution in [1.29, 1.82) is 0 Å². The lowest BCUT2D eigenvalue weighted by Gasteiger charge is -2.30. The number of rotatable bonds is 6. The number of aryl methyl sites for hydroxylation is 1. The number of allylic oxidation sites excluding steroid dienone is 2. The van der Waals surface area contributed by atoms with E-state index in [1.54, 1.807) is 7.11 Å². The standard InChI is InChI=1S/C16H24N2O/c1-14-12-16(8-9-17-14)18(10-11-19-2)13-15-6-4-3-5-7-15/h3-4,8-9,12,15H,5-7,10-11,13H2,1-2H3. The summed E-state index contributed by atoms with van der Waals surface area (Å²) >= 11 is 0. The molecule has 0 saturated carbocycles. The SMILES string of the molecule is COCCN(CC1CC=CCC1)c1ccnc(C)c1. The summed E-state index contributed by atoms with van der Waals surface area (Å²) in [5, 5.41) is 0. The van der Waals surface area contributed by atoms with E-state index in [4.69, 9.17) is 4.74 Å². The fourth-order valence-corrected chi connectivity index (χ4v) is 2.59. The van der Waals surface area contributed by atoms with Crippen molar-refractivity contribution in [2.75, 3.05) is 31.7 Å². The average molecular weight is 260 g/mol. The lowest BCUT2D eigenvalue weighted by atomic mass is 9.94. The van der Waals surface area contributed by atoms with Crippen LogP contribution in [0, 0.1) is 12.8 Å². The molecule has 0 radical (unpaired) electrons. The van der Waals surface area contributed by atoms with Crippen LogP contribution in [0.4, 0.5) is 5.69 Å². The van der Waals surface area contributed by atoms with Gasteiger partial charge >= 0.3 is 0 Å². The number of ether oxygens (including phenoxy) is 1. The molecule has 1 aromatic rings. The van der Waals surface area contributed by atoms with Crippen LogP contribution in [-0.2, 0) is 4.74 Å². The predicted molar refractivity (Wildman–Crippen MR) is 79.5 cm³/mol. The van der Waals surface area contributed by atoms with Crippen LogP contribution in [0.25, 0.3) is 0 Å². The molecule has 1 aliphatic rings. The highest BCUT2D eigenvalue weighted by atomic mass is 16.5. The Hall–Kier alpha value is -1.35. The Kier molecular flexibility index (Phi) is 5.40. The summed E-state index contributed by atoms with van der Waals surface area (Å²) in [7, 11) is 1.76. The zero-order valence-corrected chi connectivity index (χ0v) is 12.0. The van der Waals surface area contributed by atoms with Gasteiger partial charge in [-0.1, -0.05) is 12.2 Å². The van der Waals surface area contributed by atoms with E-state index in [2.05, 4.69) is 34.2 Å². The van der Waals surface area contributed by atoms with Gasteiger partial charge in [-0.05, 0) is 44.2 Å². The van der Waals surface area contributed by atoms with E-state index in [1.165, 1.54) is 24.9 Å². The topological polar surface area (TPSA) is 25.4 Å². The second-order valence-corrected chi connectivity index (χ2v) is 5.24. The second-order valence-electron chi connectivity index (χ2n) is 5.24. The van der Waals surface area contributed by atoms with Gasteiger partial charge in [0.25, 0.3) is 0 Å². The van der Waals surface area contributed by atoms with Crippen molar-refractivity contribution in [2.24, 2.45) is 5.92 Å². The molecule has 1 unspecified atom stereocenters. The normalized spacial score (nSPS) is 18.5. The minimum absolute atomic E-state index is 0.760. The highest BCUT2D eigenvalue weighted by molar-refractivity contribution is 5.46. The van der Waals surface area contributed by atoms with Gasteiger partial charge in [0.2, 0.25) is 0 Å². The molecular weight excluding hydrogens is 236 g/mol. The lowest BCUT2D eigenvalue weighted by molar-refractivity contribution is 0.204. The van der Waals surface area contributed by atoms with E-state index < -0.39 is 0 Å². The minimum atomic E-state index is 0.760. The van der Waals surface area contributed by atoms with Crippen LogP contribution in [0.5, 0.6) is 0 Å². The molecule has 0 N–H and O–H groups in total. The number of aromatic nitrogens is 1. The molecule has 1 aromatic heterocycles. The molecule has 0 bridgehead atoms. The van der Waals surface area contributed by atoms with E-state index in [1.807, 2.05) is 13.1 Å². The van der Waals surface area contributed by atoms with Crippen LogP contribution in [-0.4, -0.2) is 31.8 Å². The van der Waals surface area contributed by atoms with Gasteiger partial charge in [0.15, 0.2) is 0 Å². The molecule has 0 amide bonds. The Bertz CT molecular complexity index is 417. The molecule has 1 heterocycles. The van der Waals surface area contributed by atoms with E-state index >= 15 is 0 Å². The van der Waals surface area contributed by atoms with Crippen molar-refractivity contribution in [3.63, 3.8) is 0 Å². The summed E-state index contributed by atoms with van der Waals surface area (Å²) in [6.07, 6.45) is 10.2. The summed E-state index contributed by atoms with van der Waals surface area (Å²) in [4.78, 5) is 6.71. The number of pyridine rings is 1. The predicted octanol–water partition coefficient (Wildman–Crippen LogP) is 3.20. The first-order valence-corrected chi connectivity index (χ1v) is 7.11. The largest absolute Gasteiger partial charge is 0.383 e. The maximum atomic E-state index is 5.24. The van der Waals surface area contributed by atoms with E-state index in [-0.39, 0.29) is 0 Å². The maximum Gasteiger partial charge on any atom is 0.0637 e. The van der Waals surface area contributed by atoms with Crippen molar-refractivity contribution >= 4 is 5.69 Å². The van der Waals surface area contributed by atoms with Crippen molar-refractivity contribution in [3.05, 3.63) is 36.2 Å². The molecule has 1 aliphatic carbocycles. The van der Waals surface area contributed by atoms with Gasteiger partial charge < -0.3 is 9.64 Å². The van der Waals surface area contributed by atoms with Crippen LogP contribution in [0.1, 0.15) is 25.0 Å². The quantitative estimate of drug-likeness (QED) is 0.734. The number of anilines is 1. The number of hydrogen-bond donors (Lipinski definition) is 0. The van der Waals surface area contributed by atoms with E-state index in [9.17, 15) is 0 Å². The molecule has 2 rings (SSSR count). The highest BCUT2D eigenvalue weighted by Crippen LogP contribution is 2.23. The van der Waals surface area contributed by atoms with Gasteiger partial charge in [0, 0.05) is 37.8 Å². The van der Waals surface area contributed by atoms with Crippen molar-refractivity contribution < 1.29 is 4.74 Å². The van der Waals surface area contributed by atoms with Crippen LogP contribution < -0.4 is 4.90 Å². The fourth-order valence-electron chi connectivity index (χ4n) is 2.59. The molecule has 1 atom stereocenters. The number of methoxy groups -OCH3 is 1. The van der Waals surface area contributed by atoms with Crippen LogP contribution >= 0.6 is 0 Å². The zero-order valence-electron chi connectivity index (χ0n) is 12.0. The van der Waals surface area contributed by atoms with Crippen molar-refractivity contribution in [1.82, 2.24) is 4.98 Å². The Morgan fingerprint density at radius 3 is 3.00 bits per heavy atom. The van der Waals surface area contributed by atoms with Gasteiger partial charge in [-0.15, -0.1) is 0 Å². The zero-order chi connectivity index (χ0) is 13.5. The Morgan fingerprint density at radius 2 is 2.32 bits per heavy atom. The molecule has 0 fully saturated rings. The third kappa shape index (κ3) is 4.35. The molecular formula is C16H24N2O. The lowest BCUT2D eigenvalue weighted by Crippen LogP contribution is -2.33. The molecule has 0 spiro atoms. The van der Waals surface area contributed by atoms with Gasteiger partial charge in [-0.3, -0.25) is 4.98 Å². The van der Waals surface area contributed by atoms with Crippen LogP contribution in [0.3, 0.4) is 0 Å². The Balaban J connectivity index is 2.04. The maximum absolute atomic E-state index is 5.24. The summed E-state index contributed by atoms with van der Waals surface area (Å²) in [6.45, 7) is 4.86. The minimum Gasteiger partial charge on any atom is -0.383 e. The molecule has 3 heteroatoms. The third-order valence-corrected chi connectivity index (χ3v) is 3.67. The molecule has 0 aromatic carbocycles. The first-order chi connectivity index (χ1) is 9.29. The fraction of sp³-hybridized carbons (Fsp3) is 0.562. The smallest absolute Gasteiger partial charge is 0.0637 e. The first-order valence-electron chi connectivity index (χ1n) is 7.11. The Morgan fingerprint density at radius 1 is 1.42 bits per heavy atom. The summed E-state index contributed by atoms with van der Waals surface area (Å²) in [5.74, 6) is 0.760. The molecule has 3 nitrogen and oxygen atoms in total. The van der Waals surface area contributed by atoms with Gasteiger partial charge in [0.1, 0.15) is 0 Å². The molecule has 104 valence electrons. The Labute approximate surface area is 116 Å².